The fraction of sp³-hybridized carbons (Fsp3) is 0.941. The fourth-order valence-corrected chi connectivity index (χ4v) is 3.52. The van der Waals surface area contributed by atoms with Crippen LogP contribution in [0.4, 0.5) is 0 Å². The maximum absolute atomic E-state index is 5.82. The highest BCUT2D eigenvalue weighted by Crippen LogP contribution is 2.23. The van der Waals surface area contributed by atoms with Gasteiger partial charge in [0.25, 0.3) is 0 Å². The lowest BCUT2D eigenvalue weighted by Gasteiger charge is -2.28. The first-order chi connectivity index (χ1) is 10.5. The largest absolute Gasteiger partial charge is 0.373 e. The second kappa shape index (κ2) is 10.0. The molecule has 2 rings (SSSR count). The number of aliphatic imine (C=N–C) groups is 1. The van der Waals surface area contributed by atoms with Crippen molar-refractivity contribution in [1.82, 2.24) is 15.5 Å². The van der Waals surface area contributed by atoms with Crippen LogP contribution in [0.15, 0.2) is 4.99 Å². The third-order valence-corrected chi connectivity index (χ3v) is 4.76. The van der Waals surface area contributed by atoms with Gasteiger partial charge in [-0.15, -0.1) is 24.0 Å². The molecule has 0 saturated carbocycles. The first-order valence-electron chi connectivity index (χ1n) is 8.85. The van der Waals surface area contributed by atoms with Crippen LogP contribution in [0.2, 0.25) is 0 Å². The predicted molar refractivity (Wildman–Crippen MR) is 108 cm³/mol. The molecule has 0 aliphatic carbocycles. The zero-order valence-electron chi connectivity index (χ0n) is 15.2. The van der Waals surface area contributed by atoms with E-state index in [0.717, 1.165) is 44.4 Å². The van der Waals surface area contributed by atoms with Gasteiger partial charge in [0.1, 0.15) is 0 Å². The number of nitrogens with zero attached hydrogens (tertiary/aromatic N) is 2. The van der Waals surface area contributed by atoms with Gasteiger partial charge in [-0.2, -0.15) is 0 Å². The van der Waals surface area contributed by atoms with Gasteiger partial charge in [0.15, 0.2) is 5.96 Å². The van der Waals surface area contributed by atoms with Gasteiger partial charge in [-0.25, -0.2) is 0 Å². The summed E-state index contributed by atoms with van der Waals surface area (Å²) in [5, 5.41) is 6.92. The van der Waals surface area contributed by atoms with Crippen LogP contribution in [0, 0.1) is 5.92 Å². The molecule has 2 saturated heterocycles. The molecule has 136 valence electrons. The van der Waals surface area contributed by atoms with E-state index in [1.165, 1.54) is 25.9 Å². The Labute approximate surface area is 159 Å². The molecular formula is C17H35IN4O. The predicted octanol–water partition coefficient (Wildman–Crippen LogP) is 2.46. The molecule has 2 fully saturated rings. The Morgan fingerprint density at radius 2 is 2.13 bits per heavy atom. The van der Waals surface area contributed by atoms with Crippen molar-refractivity contribution in [2.24, 2.45) is 10.9 Å². The molecule has 0 bridgehead atoms. The van der Waals surface area contributed by atoms with Crippen LogP contribution < -0.4 is 10.6 Å². The lowest BCUT2D eigenvalue weighted by Crippen LogP contribution is -2.49. The lowest BCUT2D eigenvalue weighted by atomic mass is 10.0. The maximum Gasteiger partial charge on any atom is 0.191 e. The fourth-order valence-electron chi connectivity index (χ4n) is 3.52. The third kappa shape index (κ3) is 6.74. The highest BCUT2D eigenvalue weighted by molar-refractivity contribution is 14.0. The molecule has 1 unspecified atom stereocenters. The molecule has 0 radical (unpaired) electrons. The summed E-state index contributed by atoms with van der Waals surface area (Å²) >= 11 is 0. The minimum absolute atomic E-state index is 0. The van der Waals surface area contributed by atoms with Crippen LogP contribution in [-0.4, -0.2) is 62.3 Å². The maximum atomic E-state index is 5.82. The summed E-state index contributed by atoms with van der Waals surface area (Å²) in [4.78, 5) is 6.96. The van der Waals surface area contributed by atoms with Gasteiger partial charge in [0.2, 0.25) is 0 Å². The molecule has 6 heteroatoms. The van der Waals surface area contributed by atoms with Crippen molar-refractivity contribution in [3.63, 3.8) is 0 Å². The van der Waals surface area contributed by atoms with E-state index >= 15 is 0 Å². The van der Waals surface area contributed by atoms with Crippen LogP contribution in [0.3, 0.4) is 0 Å². The van der Waals surface area contributed by atoms with Gasteiger partial charge in [-0.3, -0.25) is 9.89 Å². The van der Waals surface area contributed by atoms with Crippen LogP contribution in [0.25, 0.3) is 0 Å². The molecule has 2 aliphatic rings. The third-order valence-electron chi connectivity index (χ3n) is 4.76. The Kier molecular flexibility index (Phi) is 9.15. The van der Waals surface area contributed by atoms with Gasteiger partial charge in [-0.05, 0) is 45.1 Å². The van der Waals surface area contributed by atoms with E-state index in [9.17, 15) is 0 Å². The van der Waals surface area contributed by atoms with Crippen LogP contribution >= 0.6 is 24.0 Å². The van der Waals surface area contributed by atoms with Gasteiger partial charge in [-0.1, -0.05) is 13.8 Å². The van der Waals surface area contributed by atoms with Gasteiger partial charge in [0, 0.05) is 39.3 Å². The Hall–Kier alpha value is -0.0800. The van der Waals surface area contributed by atoms with E-state index in [2.05, 4.69) is 41.3 Å². The molecule has 0 amide bonds. The summed E-state index contributed by atoms with van der Waals surface area (Å²) < 4.78 is 5.82. The van der Waals surface area contributed by atoms with E-state index in [4.69, 9.17) is 4.74 Å². The van der Waals surface area contributed by atoms with Gasteiger partial charge >= 0.3 is 0 Å². The quantitative estimate of drug-likeness (QED) is 0.380. The standard InChI is InChI=1S/C17H34N4O.HI/c1-14(2)12-21-9-5-7-15(21)11-19-16(18-4)20-13-17(3)8-6-10-22-17;/h14-15H,5-13H2,1-4H3,(H2,18,19,20);1H/t15-,17?;/m1./s1. The molecule has 0 aromatic carbocycles. The molecule has 0 spiro atoms. The zero-order valence-corrected chi connectivity index (χ0v) is 17.6. The number of nitrogens with one attached hydrogen (secondary N) is 2. The number of hydrogen-bond donors (Lipinski definition) is 2. The summed E-state index contributed by atoms with van der Waals surface area (Å²) in [7, 11) is 1.84. The number of ether oxygens (including phenoxy) is 1. The van der Waals surface area contributed by atoms with E-state index in [-0.39, 0.29) is 29.6 Å². The highest BCUT2D eigenvalue weighted by Gasteiger charge is 2.30. The SMILES string of the molecule is CN=C(NC[C@H]1CCCN1CC(C)C)NCC1(C)CCCO1.I. The molecule has 2 atom stereocenters. The van der Waals surface area contributed by atoms with Crippen molar-refractivity contribution >= 4 is 29.9 Å². The minimum atomic E-state index is -0.0331. The van der Waals surface area contributed by atoms with Gasteiger partial charge < -0.3 is 15.4 Å². The Balaban J connectivity index is 0.00000264. The lowest BCUT2D eigenvalue weighted by molar-refractivity contribution is 0.0242. The Morgan fingerprint density at radius 3 is 2.74 bits per heavy atom. The summed E-state index contributed by atoms with van der Waals surface area (Å²) in [6.45, 7) is 11.9. The van der Waals surface area contributed by atoms with Gasteiger partial charge in [0.05, 0.1) is 5.60 Å². The number of rotatable bonds is 6. The second-order valence-corrected chi connectivity index (χ2v) is 7.39. The van der Waals surface area contributed by atoms with Crippen molar-refractivity contribution in [2.45, 2.75) is 58.1 Å². The minimum Gasteiger partial charge on any atom is -0.373 e. The number of likely N-dealkylation sites (tertiary alicyclic amines) is 1. The van der Waals surface area contributed by atoms with E-state index in [0.29, 0.717) is 6.04 Å². The number of guanidine groups is 1. The summed E-state index contributed by atoms with van der Waals surface area (Å²) in [5.41, 5.74) is -0.0331. The van der Waals surface area contributed by atoms with Crippen molar-refractivity contribution in [3.05, 3.63) is 0 Å². The normalized spacial score (nSPS) is 28.9. The Morgan fingerprint density at radius 1 is 1.35 bits per heavy atom. The summed E-state index contributed by atoms with van der Waals surface area (Å²) in [5.74, 6) is 1.63. The average molecular weight is 438 g/mol. The topological polar surface area (TPSA) is 48.9 Å². The molecular weight excluding hydrogens is 403 g/mol. The molecule has 2 aliphatic heterocycles. The first-order valence-corrected chi connectivity index (χ1v) is 8.85. The molecule has 23 heavy (non-hydrogen) atoms. The van der Waals surface area contributed by atoms with Crippen LogP contribution in [0.5, 0.6) is 0 Å². The van der Waals surface area contributed by atoms with Crippen molar-refractivity contribution in [3.8, 4) is 0 Å². The summed E-state index contributed by atoms with van der Waals surface area (Å²) in [6.07, 6.45) is 4.90. The monoisotopic (exact) mass is 438 g/mol. The highest BCUT2D eigenvalue weighted by atomic mass is 127. The average Bonchev–Trinajstić information content (AvgIpc) is 3.08. The van der Waals surface area contributed by atoms with Crippen LogP contribution in [0.1, 0.15) is 46.5 Å². The number of hydrogen-bond acceptors (Lipinski definition) is 3. The molecule has 2 heterocycles. The van der Waals surface area contributed by atoms with E-state index in [1.807, 2.05) is 7.05 Å². The van der Waals surface area contributed by atoms with E-state index < -0.39 is 0 Å². The van der Waals surface area contributed by atoms with Crippen molar-refractivity contribution in [2.75, 3.05) is 39.8 Å². The molecule has 2 N–H and O–H groups in total. The second-order valence-electron chi connectivity index (χ2n) is 7.39. The number of halogens is 1. The summed E-state index contributed by atoms with van der Waals surface area (Å²) in [6, 6.07) is 0.638. The first kappa shape index (κ1) is 21.0. The van der Waals surface area contributed by atoms with Crippen molar-refractivity contribution < 1.29 is 4.74 Å². The smallest absolute Gasteiger partial charge is 0.191 e. The molecule has 5 nitrogen and oxygen atoms in total. The molecule has 0 aromatic heterocycles. The van der Waals surface area contributed by atoms with E-state index in [1.54, 1.807) is 0 Å². The zero-order chi connectivity index (χ0) is 16.0. The van der Waals surface area contributed by atoms with Crippen LogP contribution in [-0.2, 0) is 4.74 Å². The molecule has 0 aromatic rings. The Bertz CT molecular complexity index is 370. The van der Waals surface area contributed by atoms with Crippen molar-refractivity contribution in [1.29, 1.82) is 0 Å².